The number of benzene rings is 1. The minimum absolute atomic E-state index is 0.0778. The number of hydrogen-bond donors (Lipinski definition) is 1. The van der Waals surface area contributed by atoms with Crippen molar-refractivity contribution < 1.29 is 14.4 Å². The van der Waals surface area contributed by atoms with Crippen molar-refractivity contribution in [2.75, 3.05) is 13.1 Å². The molecule has 2 aromatic rings. The van der Waals surface area contributed by atoms with E-state index in [-0.39, 0.29) is 5.41 Å². The number of carbonyl (C=O) groups is 1. The van der Waals surface area contributed by atoms with E-state index in [4.69, 9.17) is 32.8 Å². The fraction of sp³-hybridized carbons (Fsp3) is 0.429. The second-order valence-electron chi connectivity index (χ2n) is 7.94. The van der Waals surface area contributed by atoms with Gasteiger partial charge in [-0.25, -0.2) is 4.79 Å². The molecule has 2 heterocycles. The summed E-state index contributed by atoms with van der Waals surface area (Å²) in [7, 11) is 0. The highest BCUT2D eigenvalue weighted by molar-refractivity contribution is 6.39. The molecule has 2 aliphatic rings. The van der Waals surface area contributed by atoms with E-state index in [1.165, 1.54) is 4.90 Å². The van der Waals surface area contributed by atoms with E-state index < -0.39 is 6.09 Å². The molecule has 0 radical (unpaired) electrons. The highest BCUT2D eigenvalue weighted by Gasteiger charge is 2.34. The van der Waals surface area contributed by atoms with Crippen LogP contribution in [-0.2, 0) is 0 Å². The Morgan fingerprint density at radius 2 is 1.93 bits per heavy atom. The van der Waals surface area contributed by atoms with E-state index in [0.717, 1.165) is 37.0 Å². The molecule has 1 N–H and O–H groups in total. The van der Waals surface area contributed by atoms with Crippen molar-refractivity contribution in [3.63, 3.8) is 0 Å². The zero-order valence-corrected chi connectivity index (χ0v) is 17.1. The molecule has 1 saturated carbocycles. The van der Waals surface area contributed by atoms with E-state index in [2.05, 4.69) is 24.2 Å². The maximum absolute atomic E-state index is 11.2. The van der Waals surface area contributed by atoms with Crippen LogP contribution in [0, 0.1) is 5.41 Å². The first-order valence-corrected chi connectivity index (χ1v) is 10.2. The SMILES string of the molecule is CC1(C=Cc2c(-c3c(Cl)cccc3Cl)noc2C2CC2)CCN(C(=O)O)CC1. The smallest absolute Gasteiger partial charge is 0.407 e. The van der Waals surface area contributed by atoms with Crippen molar-refractivity contribution in [2.24, 2.45) is 5.41 Å². The molecule has 148 valence electrons. The van der Waals surface area contributed by atoms with Crippen LogP contribution in [0.25, 0.3) is 17.3 Å². The average Bonchev–Trinajstić information content (AvgIpc) is 3.41. The lowest BCUT2D eigenvalue weighted by atomic mass is 9.79. The first kappa shape index (κ1) is 19.3. The number of piperidine rings is 1. The van der Waals surface area contributed by atoms with E-state index in [9.17, 15) is 4.79 Å². The third kappa shape index (κ3) is 3.78. The predicted octanol–water partition coefficient (Wildman–Crippen LogP) is 6.32. The van der Waals surface area contributed by atoms with Gasteiger partial charge >= 0.3 is 6.09 Å². The van der Waals surface area contributed by atoms with Gasteiger partial charge in [-0.1, -0.05) is 53.5 Å². The van der Waals surface area contributed by atoms with Gasteiger partial charge in [0.05, 0.1) is 10.0 Å². The third-order valence-electron chi connectivity index (χ3n) is 5.73. The van der Waals surface area contributed by atoms with Gasteiger partial charge in [-0.05, 0) is 43.2 Å². The molecule has 1 saturated heterocycles. The Balaban J connectivity index is 1.67. The van der Waals surface area contributed by atoms with Crippen LogP contribution in [0.1, 0.15) is 49.8 Å². The minimum Gasteiger partial charge on any atom is -0.465 e. The van der Waals surface area contributed by atoms with Gasteiger partial charge in [-0.3, -0.25) is 0 Å². The highest BCUT2D eigenvalue weighted by atomic mass is 35.5. The van der Waals surface area contributed by atoms with Crippen LogP contribution < -0.4 is 0 Å². The van der Waals surface area contributed by atoms with Gasteiger partial charge in [-0.2, -0.15) is 0 Å². The molecule has 2 fully saturated rings. The quantitative estimate of drug-likeness (QED) is 0.628. The molecule has 7 heteroatoms. The van der Waals surface area contributed by atoms with Crippen LogP contribution >= 0.6 is 23.2 Å². The molecule has 0 spiro atoms. The summed E-state index contributed by atoms with van der Waals surface area (Å²) in [6, 6.07) is 5.40. The lowest BCUT2D eigenvalue weighted by molar-refractivity contribution is 0.113. The predicted molar refractivity (Wildman–Crippen MR) is 110 cm³/mol. The normalized spacial score (nSPS) is 19.3. The van der Waals surface area contributed by atoms with Gasteiger partial charge in [0, 0.05) is 30.1 Å². The Morgan fingerprint density at radius 1 is 1.29 bits per heavy atom. The summed E-state index contributed by atoms with van der Waals surface area (Å²) in [5, 5.41) is 14.6. The van der Waals surface area contributed by atoms with Crippen molar-refractivity contribution in [3.05, 3.63) is 45.6 Å². The Morgan fingerprint density at radius 3 is 2.50 bits per heavy atom. The van der Waals surface area contributed by atoms with Crippen LogP contribution in [0.15, 0.2) is 28.8 Å². The Kier molecular flexibility index (Phi) is 5.15. The highest BCUT2D eigenvalue weighted by Crippen LogP contribution is 2.47. The summed E-state index contributed by atoms with van der Waals surface area (Å²) in [6.45, 7) is 3.24. The van der Waals surface area contributed by atoms with E-state index in [0.29, 0.717) is 40.3 Å². The molecule has 0 atom stereocenters. The molecule has 1 aliphatic heterocycles. The zero-order chi connectivity index (χ0) is 19.9. The topological polar surface area (TPSA) is 66.6 Å². The van der Waals surface area contributed by atoms with Crippen molar-refractivity contribution in [2.45, 2.75) is 38.5 Å². The van der Waals surface area contributed by atoms with Gasteiger partial charge in [0.15, 0.2) is 0 Å². The van der Waals surface area contributed by atoms with Crippen molar-refractivity contribution in [3.8, 4) is 11.3 Å². The van der Waals surface area contributed by atoms with E-state index in [1.807, 2.05) is 6.07 Å². The number of likely N-dealkylation sites (tertiary alicyclic amines) is 1. The fourth-order valence-electron chi connectivity index (χ4n) is 3.68. The number of aromatic nitrogens is 1. The van der Waals surface area contributed by atoms with Gasteiger partial charge in [-0.15, -0.1) is 0 Å². The number of halogens is 2. The van der Waals surface area contributed by atoms with Crippen LogP contribution in [0.4, 0.5) is 4.79 Å². The number of allylic oxidation sites excluding steroid dienone is 1. The summed E-state index contributed by atoms with van der Waals surface area (Å²) in [4.78, 5) is 12.6. The number of nitrogens with zero attached hydrogens (tertiary/aromatic N) is 2. The van der Waals surface area contributed by atoms with Crippen LogP contribution in [0.3, 0.4) is 0 Å². The minimum atomic E-state index is -0.850. The first-order valence-electron chi connectivity index (χ1n) is 9.49. The second kappa shape index (κ2) is 7.45. The van der Waals surface area contributed by atoms with Crippen molar-refractivity contribution >= 4 is 35.4 Å². The monoisotopic (exact) mass is 420 g/mol. The molecule has 28 heavy (non-hydrogen) atoms. The number of rotatable bonds is 4. The van der Waals surface area contributed by atoms with Gasteiger partial charge in [0.1, 0.15) is 11.5 Å². The van der Waals surface area contributed by atoms with Crippen LogP contribution in [-0.4, -0.2) is 34.3 Å². The molecular formula is C21H22Cl2N2O3. The van der Waals surface area contributed by atoms with E-state index in [1.54, 1.807) is 12.1 Å². The van der Waals surface area contributed by atoms with E-state index >= 15 is 0 Å². The Hall–Kier alpha value is -1.98. The third-order valence-corrected chi connectivity index (χ3v) is 6.36. The van der Waals surface area contributed by atoms with Crippen molar-refractivity contribution in [1.29, 1.82) is 0 Å². The molecule has 1 aromatic heterocycles. The summed E-state index contributed by atoms with van der Waals surface area (Å²) in [5.41, 5.74) is 2.21. The number of carboxylic acid groups (broad SMARTS) is 1. The summed E-state index contributed by atoms with van der Waals surface area (Å²) in [5.74, 6) is 1.28. The largest absolute Gasteiger partial charge is 0.465 e. The lowest BCUT2D eigenvalue weighted by Crippen LogP contribution is -2.40. The van der Waals surface area contributed by atoms with Gasteiger partial charge < -0.3 is 14.5 Å². The fourth-order valence-corrected chi connectivity index (χ4v) is 4.25. The maximum atomic E-state index is 11.2. The molecule has 0 unspecified atom stereocenters. The second-order valence-corrected chi connectivity index (χ2v) is 8.75. The number of amides is 1. The van der Waals surface area contributed by atoms with Gasteiger partial charge in [0.2, 0.25) is 0 Å². The molecular weight excluding hydrogens is 399 g/mol. The zero-order valence-electron chi connectivity index (χ0n) is 15.6. The molecule has 1 amide bonds. The molecule has 4 rings (SSSR count). The summed E-state index contributed by atoms with van der Waals surface area (Å²) in [6.07, 6.45) is 7.13. The van der Waals surface area contributed by atoms with Gasteiger partial charge in [0.25, 0.3) is 0 Å². The molecule has 1 aliphatic carbocycles. The Labute approximate surface area is 173 Å². The van der Waals surface area contributed by atoms with Crippen LogP contribution in [0.2, 0.25) is 10.0 Å². The molecule has 0 bridgehead atoms. The molecule has 1 aromatic carbocycles. The Bertz CT molecular complexity index is 905. The molecule has 5 nitrogen and oxygen atoms in total. The van der Waals surface area contributed by atoms with Crippen molar-refractivity contribution in [1.82, 2.24) is 10.1 Å². The standard InChI is InChI=1S/C21H22Cl2N2O3/c1-21(9-11-25(12-10-21)20(26)27)8-7-14-18(24-28-19(14)13-5-6-13)17-15(22)3-2-4-16(17)23/h2-4,7-8,13H,5-6,9-12H2,1H3,(H,26,27). The summed E-state index contributed by atoms with van der Waals surface area (Å²) < 4.78 is 5.70. The number of hydrogen-bond acceptors (Lipinski definition) is 3. The maximum Gasteiger partial charge on any atom is 0.407 e. The summed E-state index contributed by atoms with van der Waals surface area (Å²) >= 11 is 12.8. The average molecular weight is 421 g/mol. The van der Waals surface area contributed by atoms with Crippen LogP contribution in [0.5, 0.6) is 0 Å². The lowest BCUT2D eigenvalue weighted by Gasteiger charge is -2.36. The first-order chi connectivity index (χ1) is 13.4.